The minimum atomic E-state index is -0.303. The van der Waals surface area contributed by atoms with E-state index in [2.05, 4.69) is 4.98 Å². The maximum absolute atomic E-state index is 13.2. The number of nitrogen functional groups attached to an aromatic ring is 1. The zero-order valence-corrected chi connectivity index (χ0v) is 13.4. The van der Waals surface area contributed by atoms with Crippen LogP contribution in [0.15, 0.2) is 28.5 Å². The summed E-state index contributed by atoms with van der Waals surface area (Å²) < 4.78 is 13.2. The number of carbonyl (C=O) groups is 1. The van der Waals surface area contributed by atoms with Crippen LogP contribution in [0.25, 0.3) is 0 Å². The first-order valence-electron chi connectivity index (χ1n) is 6.27. The Bertz CT molecular complexity index is 643. The summed E-state index contributed by atoms with van der Waals surface area (Å²) in [5.41, 5.74) is 7.23. The molecular weight excluding hydrogens is 309 g/mol. The zero-order valence-electron chi connectivity index (χ0n) is 11.8. The lowest BCUT2D eigenvalue weighted by Gasteiger charge is -2.07. The van der Waals surface area contributed by atoms with Crippen molar-refractivity contribution in [1.29, 1.82) is 0 Å². The number of hydrogen-bond donors (Lipinski definition) is 1. The van der Waals surface area contributed by atoms with Gasteiger partial charge in [-0.25, -0.2) is 9.37 Å². The lowest BCUT2D eigenvalue weighted by Crippen LogP contribution is -2.23. The number of thioether (sulfide) groups is 1. The van der Waals surface area contributed by atoms with Crippen LogP contribution in [0.1, 0.15) is 10.7 Å². The van der Waals surface area contributed by atoms with Crippen LogP contribution < -0.4 is 5.73 Å². The fourth-order valence-corrected chi connectivity index (χ4v) is 3.34. The van der Waals surface area contributed by atoms with Gasteiger partial charge in [0.25, 0.3) is 0 Å². The molecule has 2 N–H and O–H groups in total. The van der Waals surface area contributed by atoms with E-state index in [1.165, 1.54) is 35.2 Å². The van der Waals surface area contributed by atoms with Crippen molar-refractivity contribution >= 4 is 34.7 Å². The molecule has 0 fully saturated rings. The van der Waals surface area contributed by atoms with Crippen LogP contribution in [0.2, 0.25) is 0 Å². The predicted molar refractivity (Wildman–Crippen MR) is 84.9 cm³/mol. The van der Waals surface area contributed by atoms with E-state index in [0.717, 1.165) is 10.7 Å². The zero-order chi connectivity index (χ0) is 15.4. The van der Waals surface area contributed by atoms with Crippen LogP contribution in [0.5, 0.6) is 0 Å². The Labute approximate surface area is 131 Å². The third-order valence-electron chi connectivity index (χ3n) is 2.75. The number of rotatable bonds is 5. The maximum atomic E-state index is 13.2. The maximum Gasteiger partial charge on any atom is 0.228 e. The quantitative estimate of drug-likeness (QED) is 0.678. The Kier molecular flexibility index (Phi) is 5.19. The number of nitrogens with two attached hydrogens (primary N) is 1. The molecule has 0 bridgehead atoms. The molecule has 0 aliphatic heterocycles. The summed E-state index contributed by atoms with van der Waals surface area (Å²) in [4.78, 5) is 18.3. The molecule has 2 aromatic rings. The van der Waals surface area contributed by atoms with Gasteiger partial charge in [-0.2, -0.15) is 0 Å². The van der Waals surface area contributed by atoms with E-state index in [0.29, 0.717) is 22.8 Å². The lowest BCUT2D eigenvalue weighted by atomic mass is 10.3. The summed E-state index contributed by atoms with van der Waals surface area (Å²) in [6, 6.07) is 4.32. The van der Waals surface area contributed by atoms with Gasteiger partial charge in [0, 0.05) is 35.8 Å². The number of anilines is 1. The molecule has 1 amide bonds. The van der Waals surface area contributed by atoms with Gasteiger partial charge in [-0.05, 0) is 18.2 Å². The highest BCUT2D eigenvalue weighted by atomic mass is 32.2. The van der Waals surface area contributed by atoms with E-state index in [1.807, 2.05) is 5.38 Å². The molecule has 7 heteroatoms. The highest BCUT2D eigenvalue weighted by Crippen LogP contribution is 2.29. The van der Waals surface area contributed by atoms with Crippen molar-refractivity contribution in [3.8, 4) is 0 Å². The summed E-state index contributed by atoms with van der Waals surface area (Å²) in [5.74, 6) is 0.320. The third-order valence-corrected chi connectivity index (χ3v) is 4.75. The minimum absolute atomic E-state index is 0.0259. The van der Waals surface area contributed by atoms with Gasteiger partial charge in [0.2, 0.25) is 5.91 Å². The number of thiazole rings is 1. The average Bonchev–Trinajstić information content (AvgIpc) is 2.87. The van der Waals surface area contributed by atoms with Crippen molar-refractivity contribution < 1.29 is 9.18 Å². The van der Waals surface area contributed by atoms with Gasteiger partial charge >= 0.3 is 0 Å². The first-order chi connectivity index (χ1) is 9.95. The summed E-state index contributed by atoms with van der Waals surface area (Å²) in [7, 11) is 3.44. The van der Waals surface area contributed by atoms with Gasteiger partial charge in [-0.15, -0.1) is 23.1 Å². The second kappa shape index (κ2) is 6.91. The second-order valence-electron chi connectivity index (χ2n) is 4.67. The molecule has 21 heavy (non-hydrogen) atoms. The van der Waals surface area contributed by atoms with Crippen LogP contribution in [-0.4, -0.2) is 29.9 Å². The predicted octanol–water partition coefficient (Wildman–Crippen LogP) is 2.79. The molecule has 1 heterocycles. The van der Waals surface area contributed by atoms with Crippen LogP contribution in [0.4, 0.5) is 10.1 Å². The monoisotopic (exact) mass is 325 g/mol. The smallest absolute Gasteiger partial charge is 0.228 e. The number of hydrogen-bond acceptors (Lipinski definition) is 5. The van der Waals surface area contributed by atoms with Crippen molar-refractivity contribution in [3.05, 3.63) is 40.1 Å². The number of nitrogens with zero attached hydrogens (tertiary/aromatic N) is 2. The SMILES string of the molecule is CN(C)C(=O)Cc1nc(CSc2cc(F)ccc2N)cs1. The number of benzene rings is 1. The highest BCUT2D eigenvalue weighted by Gasteiger charge is 2.10. The molecular formula is C14H16FN3OS2. The first-order valence-corrected chi connectivity index (χ1v) is 8.13. The molecule has 0 saturated carbocycles. The summed E-state index contributed by atoms with van der Waals surface area (Å²) >= 11 is 2.90. The molecule has 2 rings (SSSR count). The summed E-state index contributed by atoms with van der Waals surface area (Å²) in [5, 5.41) is 2.71. The van der Waals surface area contributed by atoms with E-state index in [9.17, 15) is 9.18 Å². The number of likely N-dealkylation sites (N-methyl/N-ethyl adjacent to an activating group) is 1. The molecule has 0 radical (unpaired) electrons. The Balaban J connectivity index is 1.97. The van der Waals surface area contributed by atoms with E-state index in [1.54, 1.807) is 25.1 Å². The van der Waals surface area contributed by atoms with Crippen molar-refractivity contribution in [2.45, 2.75) is 17.1 Å². The largest absolute Gasteiger partial charge is 0.398 e. The number of carbonyl (C=O) groups excluding carboxylic acids is 1. The topological polar surface area (TPSA) is 59.2 Å². The molecule has 0 aliphatic carbocycles. The fourth-order valence-electron chi connectivity index (χ4n) is 1.57. The van der Waals surface area contributed by atoms with Crippen LogP contribution >= 0.6 is 23.1 Å². The first kappa shape index (κ1) is 15.8. The van der Waals surface area contributed by atoms with E-state index >= 15 is 0 Å². The van der Waals surface area contributed by atoms with Gasteiger partial charge < -0.3 is 10.6 Å². The number of halogens is 1. The normalized spacial score (nSPS) is 10.6. The molecule has 0 saturated heterocycles. The van der Waals surface area contributed by atoms with Gasteiger partial charge in [0.05, 0.1) is 12.1 Å². The lowest BCUT2D eigenvalue weighted by molar-refractivity contribution is -0.127. The fraction of sp³-hybridized carbons (Fsp3) is 0.286. The van der Waals surface area contributed by atoms with Crippen molar-refractivity contribution in [2.24, 2.45) is 0 Å². The summed E-state index contributed by atoms with van der Waals surface area (Å²) in [6.45, 7) is 0. The minimum Gasteiger partial charge on any atom is -0.398 e. The Morgan fingerprint density at radius 2 is 2.24 bits per heavy atom. The van der Waals surface area contributed by atoms with Gasteiger partial charge in [0.1, 0.15) is 10.8 Å². The molecule has 1 aromatic carbocycles. The Hall–Kier alpha value is -1.60. The average molecular weight is 325 g/mol. The van der Waals surface area contributed by atoms with Crippen LogP contribution in [0, 0.1) is 5.82 Å². The van der Waals surface area contributed by atoms with Gasteiger partial charge in [0.15, 0.2) is 0 Å². The number of aromatic nitrogens is 1. The molecule has 1 aromatic heterocycles. The third kappa shape index (κ3) is 4.44. The van der Waals surface area contributed by atoms with E-state index in [4.69, 9.17) is 5.73 Å². The molecule has 0 atom stereocenters. The van der Waals surface area contributed by atoms with Crippen LogP contribution in [-0.2, 0) is 17.0 Å². The highest BCUT2D eigenvalue weighted by molar-refractivity contribution is 7.98. The molecule has 112 valence electrons. The van der Waals surface area contributed by atoms with Gasteiger partial charge in [-0.1, -0.05) is 0 Å². The van der Waals surface area contributed by atoms with E-state index < -0.39 is 0 Å². The Morgan fingerprint density at radius 1 is 1.48 bits per heavy atom. The summed E-state index contributed by atoms with van der Waals surface area (Å²) in [6.07, 6.45) is 0.310. The molecule has 4 nitrogen and oxygen atoms in total. The van der Waals surface area contributed by atoms with Gasteiger partial charge in [-0.3, -0.25) is 4.79 Å². The molecule has 0 aliphatic rings. The van der Waals surface area contributed by atoms with E-state index in [-0.39, 0.29) is 11.7 Å². The van der Waals surface area contributed by atoms with Crippen LogP contribution in [0.3, 0.4) is 0 Å². The molecule has 0 spiro atoms. The van der Waals surface area contributed by atoms with Crippen molar-refractivity contribution in [2.75, 3.05) is 19.8 Å². The van der Waals surface area contributed by atoms with Crippen molar-refractivity contribution in [3.63, 3.8) is 0 Å². The Morgan fingerprint density at radius 3 is 2.95 bits per heavy atom. The standard InChI is InChI=1S/C14H16FN3OS2/c1-18(2)14(19)6-13-17-10(8-21-13)7-20-12-5-9(15)3-4-11(12)16/h3-5,8H,6-7,16H2,1-2H3. The van der Waals surface area contributed by atoms with Crippen molar-refractivity contribution in [1.82, 2.24) is 9.88 Å². The number of amides is 1. The molecule has 0 unspecified atom stereocenters. The second-order valence-corrected chi connectivity index (χ2v) is 6.63.